The first-order valence-corrected chi connectivity index (χ1v) is 10.7. The van der Waals surface area contributed by atoms with Gasteiger partial charge in [0.25, 0.3) is 0 Å². The molecule has 0 bridgehead atoms. The second-order valence-electron chi connectivity index (χ2n) is 7.99. The lowest BCUT2D eigenvalue weighted by atomic mass is 9.85. The van der Waals surface area contributed by atoms with Crippen molar-refractivity contribution in [3.05, 3.63) is 29.3 Å². The molecule has 2 aliphatic rings. The summed E-state index contributed by atoms with van der Waals surface area (Å²) >= 11 is 0. The van der Waals surface area contributed by atoms with E-state index in [0.717, 1.165) is 44.7 Å². The third-order valence-electron chi connectivity index (χ3n) is 5.84. The van der Waals surface area contributed by atoms with Crippen LogP contribution in [-0.4, -0.2) is 49.6 Å². The van der Waals surface area contributed by atoms with Gasteiger partial charge in [-0.1, -0.05) is 32.4 Å². The first-order chi connectivity index (χ1) is 14.3. The molecule has 1 aromatic carbocycles. The van der Waals surface area contributed by atoms with E-state index < -0.39 is 0 Å². The summed E-state index contributed by atoms with van der Waals surface area (Å²) in [5.41, 5.74) is 1.97. The summed E-state index contributed by atoms with van der Waals surface area (Å²) in [5.74, 6) is 0.123. The van der Waals surface area contributed by atoms with Gasteiger partial charge < -0.3 is 10.2 Å². The van der Waals surface area contributed by atoms with Crippen molar-refractivity contribution in [2.24, 2.45) is 11.8 Å². The Balaban J connectivity index is 0.000000232. The fourth-order valence-electron chi connectivity index (χ4n) is 3.91. The Morgan fingerprint density at radius 2 is 1.80 bits per heavy atom. The van der Waals surface area contributed by atoms with E-state index in [1.54, 1.807) is 6.07 Å². The highest BCUT2D eigenvalue weighted by Crippen LogP contribution is 2.26. The Morgan fingerprint density at radius 1 is 1.13 bits per heavy atom. The quantitative estimate of drug-likeness (QED) is 0.567. The molecule has 2 unspecified atom stereocenters. The van der Waals surface area contributed by atoms with Gasteiger partial charge in [-0.15, -0.1) is 0 Å². The van der Waals surface area contributed by atoms with Crippen molar-refractivity contribution in [3.63, 3.8) is 0 Å². The number of rotatable bonds is 5. The molecule has 2 amide bonds. The van der Waals surface area contributed by atoms with Crippen molar-refractivity contribution < 1.29 is 19.2 Å². The van der Waals surface area contributed by atoms with E-state index in [-0.39, 0.29) is 29.3 Å². The van der Waals surface area contributed by atoms with Gasteiger partial charge in [0, 0.05) is 49.8 Å². The summed E-state index contributed by atoms with van der Waals surface area (Å²) in [5, 5.41) is 5.64. The predicted molar refractivity (Wildman–Crippen MR) is 117 cm³/mol. The highest BCUT2D eigenvalue weighted by molar-refractivity contribution is 6.10. The zero-order valence-electron chi connectivity index (χ0n) is 18.4. The molecule has 2 atom stereocenters. The van der Waals surface area contributed by atoms with Gasteiger partial charge in [-0.3, -0.25) is 24.5 Å². The molecule has 2 heterocycles. The van der Waals surface area contributed by atoms with Crippen LogP contribution >= 0.6 is 0 Å². The van der Waals surface area contributed by atoms with Gasteiger partial charge in [0.05, 0.1) is 5.56 Å². The Kier molecular flexibility index (Phi) is 8.72. The van der Waals surface area contributed by atoms with Crippen LogP contribution in [0.25, 0.3) is 0 Å². The van der Waals surface area contributed by atoms with Gasteiger partial charge in [0.1, 0.15) is 0 Å². The topological polar surface area (TPSA) is 95.6 Å². The van der Waals surface area contributed by atoms with Crippen LogP contribution in [0.5, 0.6) is 0 Å². The standard InChI is InChI=1S/C14H18N2O2.C9H15NO2/c1-10(17)12-4-3-5-13(14(12)11(2)18)16-8-6-15-7-9-16;1-3-6(2)7-4-5-8(11)10-9(7)12/h3-5,15H,6-9H2,1-2H3;6-7H,3-5H2,1-2H3,(H,10,11,12). The second kappa shape index (κ2) is 11.0. The second-order valence-corrected chi connectivity index (χ2v) is 7.99. The van der Waals surface area contributed by atoms with Crippen molar-refractivity contribution >= 4 is 29.1 Å². The van der Waals surface area contributed by atoms with Crippen molar-refractivity contribution in [3.8, 4) is 0 Å². The first kappa shape index (κ1) is 23.7. The monoisotopic (exact) mass is 415 g/mol. The summed E-state index contributed by atoms with van der Waals surface area (Å²) in [6.45, 7) is 10.7. The molecule has 2 aliphatic heterocycles. The Hall–Kier alpha value is -2.54. The normalized spacial score (nSPS) is 20.0. The minimum atomic E-state index is -0.125. The number of ketones is 2. The van der Waals surface area contributed by atoms with E-state index in [1.807, 2.05) is 12.1 Å². The molecule has 3 rings (SSSR count). The summed E-state index contributed by atoms with van der Waals surface area (Å²) in [7, 11) is 0. The number of nitrogens with zero attached hydrogens (tertiary/aromatic N) is 1. The molecule has 2 saturated heterocycles. The molecule has 0 aromatic heterocycles. The third kappa shape index (κ3) is 5.98. The van der Waals surface area contributed by atoms with Crippen molar-refractivity contribution in [2.75, 3.05) is 31.1 Å². The molecule has 0 radical (unpaired) electrons. The van der Waals surface area contributed by atoms with Gasteiger partial charge in [0.2, 0.25) is 11.8 Å². The van der Waals surface area contributed by atoms with Crippen LogP contribution in [0.1, 0.15) is 67.7 Å². The van der Waals surface area contributed by atoms with Crippen molar-refractivity contribution in [1.29, 1.82) is 0 Å². The van der Waals surface area contributed by atoms with Crippen LogP contribution < -0.4 is 15.5 Å². The number of benzene rings is 1. The maximum absolute atomic E-state index is 11.8. The fourth-order valence-corrected chi connectivity index (χ4v) is 3.91. The molecule has 1 aromatic rings. The lowest BCUT2D eigenvalue weighted by Crippen LogP contribution is -2.44. The van der Waals surface area contributed by atoms with Gasteiger partial charge in [-0.2, -0.15) is 0 Å². The van der Waals surface area contributed by atoms with E-state index in [4.69, 9.17) is 0 Å². The maximum Gasteiger partial charge on any atom is 0.229 e. The minimum Gasteiger partial charge on any atom is -0.368 e. The van der Waals surface area contributed by atoms with E-state index in [0.29, 0.717) is 23.5 Å². The molecule has 164 valence electrons. The Morgan fingerprint density at radius 3 is 2.33 bits per heavy atom. The van der Waals surface area contributed by atoms with Crippen LogP contribution in [0.15, 0.2) is 18.2 Å². The molecule has 7 heteroatoms. The average Bonchev–Trinajstić information content (AvgIpc) is 2.73. The molecule has 7 nitrogen and oxygen atoms in total. The largest absolute Gasteiger partial charge is 0.368 e. The third-order valence-corrected chi connectivity index (χ3v) is 5.84. The smallest absolute Gasteiger partial charge is 0.229 e. The number of nitrogens with one attached hydrogen (secondary N) is 2. The van der Waals surface area contributed by atoms with Gasteiger partial charge in [0.15, 0.2) is 11.6 Å². The van der Waals surface area contributed by atoms with Gasteiger partial charge in [-0.25, -0.2) is 0 Å². The SMILES string of the molecule is CC(=O)c1cccc(N2CCNCC2)c1C(C)=O.CCC(C)C1CCC(=O)NC1=O. The van der Waals surface area contributed by atoms with E-state index in [1.165, 1.54) is 13.8 Å². The maximum atomic E-state index is 11.8. The molecule has 0 spiro atoms. The summed E-state index contributed by atoms with van der Waals surface area (Å²) in [4.78, 5) is 47.7. The zero-order chi connectivity index (χ0) is 22.3. The predicted octanol–water partition coefficient (Wildman–Crippen LogP) is 2.59. The van der Waals surface area contributed by atoms with Crippen LogP contribution in [0.3, 0.4) is 0 Å². The van der Waals surface area contributed by atoms with Crippen LogP contribution in [0.4, 0.5) is 5.69 Å². The number of amides is 2. The molecular formula is C23H33N3O4. The molecular weight excluding hydrogens is 382 g/mol. The number of piperidine rings is 1. The number of anilines is 1. The number of carbonyl (C=O) groups is 4. The molecule has 0 aliphatic carbocycles. The lowest BCUT2D eigenvalue weighted by Gasteiger charge is -2.31. The van der Waals surface area contributed by atoms with Crippen LogP contribution in [-0.2, 0) is 9.59 Å². The number of Topliss-reactive ketones (excluding diaryl/α,β-unsaturated/α-hetero) is 2. The molecule has 2 N–H and O–H groups in total. The number of piperazine rings is 1. The number of hydrogen-bond acceptors (Lipinski definition) is 6. The number of hydrogen-bond donors (Lipinski definition) is 2. The lowest BCUT2D eigenvalue weighted by molar-refractivity contribution is -0.137. The van der Waals surface area contributed by atoms with Gasteiger partial charge in [-0.05, 0) is 32.3 Å². The highest BCUT2D eigenvalue weighted by Gasteiger charge is 2.29. The van der Waals surface area contributed by atoms with E-state index in [9.17, 15) is 19.2 Å². The molecule has 0 saturated carbocycles. The fraction of sp³-hybridized carbons (Fsp3) is 0.565. The van der Waals surface area contributed by atoms with E-state index in [2.05, 4.69) is 29.4 Å². The summed E-state index contributed by atoms with van der Waals surface area (Å²) < 4.78 is 0. The summed E-state index contributed by atoms with van der Waals surface area (Å²) in [6, 6.07) is 5.50. The van der Waals surface area contributed by atoms with E-state index >= 15 is 0 Å². The summed E-state index contributed by atoms with van der Waals surface area (Å²) in [6.07, 6.45) is 2.21. The molecule has 2 fully saturated rings. The minimum absolute atomic E-state index is 0.0469. The van der Waals surface area contributed by atoms with Crippen LogP contribution in [0, 0.1) is 11.8 Å². The van der Waals surface area contributed by atoms with Crippen LogP contribution in [0.2, 0.25) is 0 Å². The zero-order valence-corrected chi connectivity index (χ0v) is 18.4. The first-order valence-electron chi connectivity index (χ1n) is 10.7. The van der Waals surface area contributed by atoms with Crippen molar-refractivity contribution in [1.82, 2.24) is 10.6 Å². The number of imide groups is 1. The Bertz CT molecular complexity index is 800. The Labute approximate surface area is 178 Å². The highest BCUT2D eigenvalue weighted by atomic mass is 16.2. The molecule has 30 heavy (non-hydrogen) atoms. The number of carbonyl (C=O) groups excluding carboxylic acids is 4. The van der Waals surface area contributed by atoms with Crippen molar-refractivity contribution in [2.45, 2.75) is 47.0 Å². The van der Waals surface area contributed by atoms with Gasteiger partial charge >= 0.3 is 0 Å². The average molecular weight is 416 g/mol.